The fourth-order valence-corrected chi connectivity index (χ4v) is 3.63. The van der Waals surface area contributed by atoms with E-state index < -0.39 is 0 Å². The normalized spacial score (nSPS) is 19.4. The van der Waals surface area contributed by atoms with E-state index in [0.29, 0.717) is 25.4 Å². The van der Waals surface area contributed by atoms with Gasteiger partial charge in [0.15, 0.2) is 0 Å². The van der Waals surface area contributed by atoms with Gasteiger partial charge in [-0.3, -0.25) is 9.78 Å². The number of amides is 1. The van der Waals surface area contributed by atoms with Crippen molar-refractivity contribution in [3.63, 3.8) is 0 Å². The number of pyridine rings is 1. The molecule has 7 heteroatoms. The van der Waals surface area contributed by atoms with Crippen molar-refractivity contribution in [3.8, 4) is 16.9 Å². The van der Waals surface area contributed by atoms with E-state index in [1.165, 1.54) is 0 Å². The minimum atomic E-state index is -0.0755. The number of carbonyl (C=O) groups is 1. The van der Waals surface area contributed by atoms with Crippen molar-refractivity contribution >= 4 is 22.3 Å². The third-order valence-electron chi connectivity index (χ3n) is 4.84. The van der Waals surface area contributed by atoms with E-state index in [4.69, 9.17) is 9.15 Å². The Morgan fingerprint density at radius 3 is 2.89 bits per heavy atom. The Balaban J connectivity index is 1.45. The van der Waals surface area contributed by atoms with Crippen molar-refractivity contribution in [2.45, 2.75) is 12.1 Å². The molecule has 0 bridgehead atoms. The van der Waals surface area contributed by atoms with Gasteiger partial charge in [0.1, 0.15) is 18.1 Å². The second-order valence-electron chi connectivity index (χ2n) is 6.62. The quantitative estimate of drug-likeness (QED) is 0.591. The number of furan rings is 1. The predicted octanol–water partition coefficient (Wildman–Crippen LogP) is 3.65. The van der Waals surface area contributed by atoms with E-state index in [1.807, 2.05) is 42.5 Å². The second-order valence-corrected chi connectivity index (χ2v) is 7.54. The van der Waals surface area contributed by atoms with Crippen LogP contribution in [0.2, 0.25) is 0 Å². The highest BCUT2D eigenvalue weighted by atomic mass is 79.9. The lowest BCUT2D eigenvalue weighted by Gasteiger charge is -2.37. The van der Waals surface area contributed by atoms with E-state index in [-0.39, 0.29) is 12.1 Å². The van der Waals surface area contributed by atoms with Gasteiger partial charge in [0.05, 0.1) is 24.5 Å². The number of halogens is 1. The molecule has 3 heterocycles. The Kier molecular flexibility index (Phi) is 5.73. The molecule has 1 aromatic carbocycles. The van der Waals surface area contributed by atoms with Crippen LogP contribution in [0, 0.1) is 0 Å². The molecule has 2 atom stereocenters. The van der Waals surface area contributed by atoms with E-state index in [1.54, 1.807) is 23.6 Å². The van der Waals surface area contributed by atoms with Gasteiger partial charge in [-0.1, -0.05) is 28.1 Å². The summed E-state index contributed by atoms with van der Waals surface area (Å²) in [6.07, 6.45) is 5.94. The van der Waals surface area contributed by atoms with Crippen LogP contribution in [0.4, 0.5) is 0 Å². The van der Waals surface area contributed by atoms with Crippen LogP contribution in [0.5, 0.6) is 5.75 Å². The minimum Gasteiger partial charge on any atom is -0.490 e. The third-order valence-corrected chi connectivity index (χ3v) is 5.37. The fraction of sp³-hybridized carbons (Fsp3) is 0.238. The summed E-state index contributed by atoms with van der Waals surface area (Å²) in [5.41, 5.74) is 2.11. The third kappa shape index (κ3) is 4.10. The summed E-state index contributed by atoms with van der Waals surface area (Å²) >= 11 is 3.46. The van der Waals surface area contributed by atoms with E-state index in [0.717, 1.165) is 27.8 Å². The molecule has 2 unspecified atom stereocenters. The molecule has 144 valence electrons. The van der Waals surface area contributed by atoms with Gasteiger partial charge < -0.3 is 19.4 Å². The molecule has 6 nitrogen and oxygen atoms in total. The number of nitrogens with zero attached hydrogens (tertiary/aromatic N) is 2. The molecule has 1 N–H and O–H groups in total. The first-order chi connectivity index (χ1) is 13.7. The zero-order valence-corrected chi connectivity index (χ0v) is 16.7. The lowest BCUT2D eigenvalue weighted by Crippen LogP contribution is -2.54. The SMILES string of the molecule is O=CN1CC(c2occc2-c2ccc(Br)cc2)NCC1COc1cccnc1. The van der Waals surface area contributed by atoms with Crippen LogP contribution in [-0.2, 0) is 4.79 Å². The number of hydrogen-bond acceptors (Lipinski definition) is 5. The van der Waals surface area contributed by atoms with Crippen molar-refractivity contribution in [2.24, 2.45) is 0 Å². The zero-order chi connectivity index (χ0) is 19.3. The van der Waals surface area contributed by atoms with Crippen molar-refractivity contribution in [3.05, 3.63) is 71.4 Å². The van der Waals surface area contributed by atoms with Crippen LogP contribution >= 0.6 is 15.9 Å². The highest BCUT2D eigenvalue weighted by Gasteiger charge is 2.31. The maximum Gasteiger partial charge on any atom is 0.210 e. The van der Waals surface area contributed by atoms with Crippen molar-refractivity contribution in [1.29, 1.82) is 0 Å². The molecule has 1 aliphatic rings. The molecule has 3 aromatic rings. The highest BCUT2D eigenvalue weighted by molar-refractivity contribution is 9.10. The first-order valence-electron chi connectivity index (χ1n) is 9.05. The van der Waals surface area contributed by atoms with Crippen LogP contribution in [0.25, 0.3) is 11.1 Å². The average Bonchev–Trinajstić information content (AvgIpc) is 3.23. The molecule has 2 aromatic heterocycles. The smallest absolute Gasteiger partial charge is 0.210 e. The summed E-state index contributed by atoms with van der Waals surface area (Å²) in [5, 5.41) is 3.49. The lowest BCUT2D eigenvalue weighted by atomic mass is 10.0. The molecular weight excluding hydrogens is 422 g/mol. The summed E-state index contributed by atoms with van der Waals surface area (Å²) in [6.45, 7) is 1.54. The van der Waals surface area contributed by atoms with Gasteiger partial charge in [-0.2, -0.15) is 0 Å². The standard InChI is InChI=1S/C21H20BrN3O3/c22-16-5-3-15(4-6-16)19-7-9-27-21(19)20-12-25(14-26)17(10-24-20)13-28-18-2-1-8-23-11-18/h1-9,11,14,17,20,24H,10,12-13H2. The molecular formula is C21H20BrN3O3. The highest BCUT2D eigenvalue weighted by Crippen LogP contribution is 2.32. The second kappa shape index (κ2) is 8.58. The Morgan fingerprint density at radius 1 is 1.29 bits per heavy atom. The minimum absolute atomic E-state index is 0.0555. The molecule has 1 fully saturated rings. The van der Waals surface area contributed by atoms with Crippen LogP contribution in [0.3, 0.4) is 0 Å². The molecule has 0 aliphatic carbocycles. The van der Waals surface area contributed by atoms with E-state index in [2.05, 4.69) is 26.2 Å². The largest absolute Gasteiger partial charge is 0.490 e. The Hall–Kier alpha value is -2.64. The van der Waals surface area contributed by atoms with Gasteiger partial charge in [-0.15, -0.1) is 0 Å². The first-order valence-corrected chi connectivity index (χ1v) is 9.84. The Morgan fingerprint density at radius 2 is 2.14 bits per heavy atom. The summed E-state index contributed by atoms with van der Waals surface area (Å²) in [4.78, 5) is 17.5. The number of rotatable bonds is 6. The van der Waals surface area contributed by atoms with Crippen LogP contribution in [0.15, 0.2) is 70.0 Å². The number of hydrogen-bond donors (Lipinski definition) is 1. The van der Waals surface area contributed by atoms with E-state index >= 15 is 0 Å². The molecule has 0 spiro atoms. The lowest BCUT2D eigenvalue weighted by molar-refractivity contribution is -0.122. The van der Waals surface area contributed by atoms with Gasteiger partial charge in [0.25, 0.3) is 0 Å². The molecule has 28 heavy (non-hydrogen) atoms. The number of aromatic nitrogens is 1. The Bertz CT molecular complexity index is 914. The van der Waals surface area contributed by atoms with Crippen molar-refractivity contribution in [2.75, 3.05) is 19.7 Å². The first kappa shape index (κ1) is 18.7. The fourth-order valence-electron chi connectivity index (χ4n) is 3.36. The monoisotopic (exact) mass is 441 g/mol. The zero-order valence-electron chi connectivity index (χ0n) is 15.1. The number of benzene rings is 1. The van der Waals surface area contributed by atoms with Gasteiger partial charge >= 0.3 is 0 Å². The maximum atomic E-state index is 11.7. The van der Waals surface area contributed by atoms with E-state index in [9.17, 15) is 4.79 Å². The van der Waals surface area contributed by atoms with Crippen LogP contribution in [0.1, 0.15) is 11.8 Å². The number of ether oxygens (including phenoxy) is 1. The summed E-state index contributed by atoms with van der Waals surface area (Å²) < 4.78 is 12.6. The van der Waals surface area contributed by atoms with Gasteiger partial charge in [-0.25, -0.2) is 0 Å². The molecule has 0 radical (unpaired) electrons. The van der Waals surface area contributed by atoms with Crippen molar-refractivity contribution in [1.82, 2.24) is 15.2 Å². The van der Waals surface area contributed by atoms with Crippen LogP contribution < -0.4 is 10.1 Å². The maximum absolute atomic E-state index is 11.7. The molecule has 1 amide bonds. The number of carbonyl (C=O) groups excluding carboxylic acids is 1. The number of piperazine rings is 1. The average molecular weight is 442 g/mol. The molecule has 0 saturated carbocycles. The predicted molar refractivity (Wildman–Crippen MR) is 109 cm³/mol. The summed E-state index contributed by atoms with van der Waals surface area (Å²) in [5.74, 6) is 1.53. The summed E-state index contributed by atoms with van der Waals surface area (Å²) in [7, 11) is 0. The number of nitrogens with one attached hydrogen (secondary N) is 1. The molecule has 1 aliphatic heterocycles. The van der Waals surface area contributed by atoms with Gasteiger partial charge in [-0.05, 0) is 35.9 Å². The van der Waals surface area contributed by atoms with Gasteiger partial charge in [0.2, 0.25) is 6.41 Å². The Labute approximate surface area is 171 Å². The van der Waals surface area contributed by atoms with Crippen molar-refractivity contribution < 1.29 is 13.9 Å². The van der Waals surface area contributed by atoms with Gasteiger partial charge in [0, 0.05) is 29.3 Å². The topological polar surface area (TPSA) is 67.6 Å². The van der Waals surface area contributed by atoms with Crippen LogP contribution in [-0.4, -0.2) is 42.0 Å². The molecule has 4 rings (SSSR count). The summed E-state index contributed by atoms with van der Waals surface area (Å²) in [6, 6.07) is 13.6. The molecule has 1 saturated heterocycles.